The number of carbonyl (C=O) groups excluding carboxylic acids is 2. The van der Waals surface area contributed by atoms with E-state index in [1.807, 2.05) is 60.7 Å². The number of benzene rings is 6. The van der Waals surface area contributed by atoms with E-state index in [1.165, 1.54) is 30.3 Å². The highest BCUT2D eigenvalue weighted by Gasteiger charge is 2.50. The monoisotopic (exact) mass is 910 g/mol. The summed E-state index contributed by atoms with van der Waals surface area (Å²) in [5.74, 6) is -0.406. The molecule has 2 amide bonds. The average molecular weight is 911 g/mol. The van der Waals surface area contributed by atoms with Crippen LogP contribution in [-0.4, -0.2) is 54.2 Å². The Morgan fingerprint density at radius 1 is 0.500 bits per heavy atom. The van der Waals surface area contributed by atoms with Gasteiger partial charge in [-0.25, -0.2) is 0 Å². The quantitative estimate of drug-likeness (QED) is 0.0646. The van der Waals surface area contributed by atoms with Gasteiger partial charge in [-0.05, 0) is 70.8 Å². The second-order valence-electron chi connectivity index (χ2n) is 16.1. The van der Waals surface area contributed by atoms with Crippen molar-refractivity contribution >= 4 is 34.6 Å². The molecule has 2 fully saturated rings. The maximum Gasteiger partial charge on any atom is 0.418 e. The zero-order valence-corrected chi connectivity index (χ0v) is 35.6. The van der Waals surface area contributed by atoms with Crippen LogP contribution in [-0.2, 0) is 57.6 Å². The number of ether oxygens (including phenoxy) is 2. The van der Waals surface area contributed by atoms with Crippen molar-refractivity contribution < 1.29 is 45.4 Å². The van der Waals surface area contributed by atoms with Crippen molar-refractivity contribution in [2.45, 2.75) is 49.6 Å². The second-order valence-corrected chi connectivity index (χ2v) is 16.1. The molecule has 6 aromatic rings. The smallest absolute Gasteiger partial charge is 0.376 e. The van der Waals surface area contributed by atoms with Crippen molar-refractivity contribution in [1.82, 2.24) is 15.5 Å². The third-order valence-electron chi connectivity index (χ3n) is 11.2. The molecule has 0 radical (unpaired) electrons. The van der Waals surface area contributed by atoms with Crippen molar-refractivity contribution in [1.29, 1.82) is 0 Å². The van der Waals surface area contributed by atoms with Gasteiger partial charge in [-0.15, -0.1) is 0 Å². The number of nitrogens with zero attached hydrogens (tertiary/aromatic N) is 1. The van der Waals surface area contributed by atoms with Crippen LogP contribution in [0.3, 0.4) is 0 Å². The molecule has 344 valence electrons. The molecule has 0 aromatic heterocycles. The van der Waals surface area contributed by atoms with E-state index in [0.717, 1.165) is 34.4 Å². The van der Waals surface area contributed by atoms with Gasteiger partial charge in [-0.2, -0.15) is 26.3 Å². The summed E-state index contributed by atoms with van der Waals surface area (Å²) in [7, 11) is 0. The number of hydrogen-bond acceptors (Lipinski definition) is 8. The van der Waals surface area contributed by atoms with Crippen LogP contribution in [0.1, 0.15) is 33.4 Å². The van der Waals surface area contributed by atoms with Crippen LogP contribution < -0.4 is 27.0 Å². The first-order valence-electron chi connectivity index (χ1n) is 21.0. The molecule has 0 saturated carbocycles. The summed E-state index contributed by atoms with van der Waals surface area (Å²) in [6.45, 7) is 2.71. The molecule has 0 atom stereocenters. The average Bonchev–Trinajstić information content (AvgIpc) is 3.28. The van der Waals surface area contributed by atoms with Crippen LogP contribution in [0.5, 0.6) is 0 Å². The molecule has 6 N–H and O–H groups in total. The van der Waals surface area contributed by atoms with Gasteiger partial charge in [-0.3, -0.25) is 14.5 Å². The third kappa shape index (κ3) is 11.9. The number of nitrogens with one attached hydrogen (secondary N) is 4. The molecule has 66 heavy (non-hydrogen) atoms. The minimum atomic E-state index is -4.45. The predicted molar refractivity (Wildman–Crippen MR) is 239 cm³/mol. The summed E-state index contributed by atoms with van der Waals surface area (Å²) in [5, 5.41) is 11.4. The topological polar surface area (TPSA) is 130 Å². The highest BCUT2D eigenvalue weighted by atomic mass is 19.4. The maximum atomic E-state index is 13.6. The molecular formula is C50H48F6N6O4. The van der Waals surface area contributed by atoms with Gasteiger partial charge >= 0.3 is 12.4 Å². The van der Waals surface area contributed by atoms with E-state index in [1.54, 1.807) is 54.6 Å². The van der Waals surface area contributed by atoms with Gasteiger partial charge in [0.1, 0.15) is 11.1 Å². The fourth-order valence-corrected chi connectivity index (χ4v) is 7.28. The largest absolute Gasteiger partial charge is 0.418 e. The van der Waals surface area contributed by atoms with Gasteiger partial charge in [0.25, 0.3) is 0 Å². The van der Waals surface area contributed by atoms with Crippen molar-refractivity contribution in [3.05, 3.63) is 191 Å². The molecule has 0 aliphatic carbocycles. The molecule has 16 heteroatoms. The lowest BCUT2D eigenvalue weighted by Gasteiger charge is -2.48. The summed E-state index contributed by atoms with van der Waals surface area (Å²) < 4.78 is 89.6. The van der Waals surface area contributed by atoms with Gasteiger partial charge < -0.3 is 36.5 Å². The number of amides is 2. The van der Waals surface area contributed by atoms with Crippen molar-refractivity contribution in [2.24, 2.45) is 5.73 Å². The fourth-order valence-electron chi connectivity index (χ4n) is 7.28. The molecule has 2 aliphatic heterocycles. The first-order chi connectivity index (χ1) is 31.6. The third-order valence-corrected chi connectivity index (χ3v) is 11.2. The Morgan fingerprint density at radius 2 is 0.879 bits per heavy atom. The Morgan fingerprint density at radius 3 is 1.24 bits per heavy atom. The number of carbonyl (C=O) groups is 2. The van der Waals surface area contributed by atoms with Crippen LogP contribution in [0, 0.1) is 0 Å². The SMILES string of the molecule is NC1(C(=O)NCc2ccc(Nc3ccccc3C(F)(F)F)cc2)COC1.O=C(NCc1ccc(Nc2ccccc2C(F)(F)F)cc1)C1(N(Cc2ccccc2)Cc2ccccc2)COC1. The van der Waals surface area contributed by atoms with E-state index in [0.29, 0.717) is 37.7 Å². The zero-order valence-electron chi connectivity index (χ0n) is 35.6. The maximum absolute atomic E-state index is 13.6. The molecule has 2 aliphatic rings. The number of rotatable bonds is 15. The Hall–Kier alpha value is -6.72. The standard InChI is InChI=1S/C32H30F3N3O2.C18H18F3N3O2/c33-32(34,35)28-13-7-8-14-29(28)37-27-17-15-24(16-18-27)19-36-30(39)31(22-40-23-31)38(20-25-9-3-1-4-10-25)21-26-11-5-2-6-12-26;19-18(20,21)14-3-1-2-4-15(14)24-13-7-5-12(6-8-13)9-23-16(25)17(22)10-26-11-17/h1-18,37H,19-23H2,(H,36,39);1-8,24H,9-11,22H2,(H,23,25). The van der Waals surface area contributed by atoms with E-state index >= 15 is 0 Å². The molecule has 2 heterocycles. The number of anilines is 4. The van der Waals surface area contributed by atoms with Crippen molar-refractivity contribution in [2.75, 3.05) is 37.1 Å². The molecule has 0 bridgehead atoms. The number of hydrogen-bond donors (Lipinski definition) is 5. The molecule has 0 unspecified atom stereocenters. The summed E-state index contributed by atoms with van der Waals surface area (Å²) in [6, 6.07) is 44.4. The lowest BCUT2D eigenvalue weighted by Crippen LogP contribution is -2.69. The van der Waals surface area contributed by atoms with E-state index in [2.05, 4.69) is 26.2 Å². The van der Waals surface area contributed by atoms with E-state index in [-0.39, 0.29) is 49.5 Å². The Kier molecular flexibility index (Phi) is 14.8. The fraction of sp³-hybridized carbons (Fsp3) is 0.240. The summed E-state index contributed by atoms with van der Waals surface area (Å²) in [6.07, 6.45) is -8.89. The molecule has 8 rings (SSSR count). The lowest BCUT2D eigenvalue weighted by molar-refractivity contribution is -0.174. The van der Waals surface area contributed by atoms with Gasteiger partial charge in [0, 0.05) is 37.6 Å². The predicted octanol–water partition coefficient (Wildman–Crippen LogP) is 9.33. The molecule has 2 saturated heterocycles. The summed E-state index contributed by atoms with van der Waals surface area (Å²) >= 11 is 0. The van der Waals surface area contributed by atoms with E-state index in [9.17, 15) is 35.9 Å². The van der Waals surface area contributed by atoms with Gasteiger partial charge in [0.15, 0.2) is 0 Å². The normalized spacial score (nSPS) is 15.0. The van der Waals surface area contributed by atoms with Crippen LogP contribution in [0.25, 0.3) is 0 Å². The highest BCUT2D eigenvalue weighted by Crippen LogP contribution is 2.37. The molecule has 10 nitrogen and oxygen atoms in total. The van der Waals surface area contributed by atoms with E-state index < -0.39 is 34.6 Å². The number of para-hydroxylation sites is 2. The first kappa shape index (κ1) is 47.2. The molecule has 0 spiro atoms. The number of nitrogens with two attached hydrogens (primary N) is 1. The van der Waals surface area contributed by atoms with Crippen LogP contribution in [0.15, 0.2) is 158 Å². The first-order valence-corrected chi connectivity index (χ1v) is 21.0. The van der Waals surface area contributed by atoms with E-state index in [4.69, 9.17) is 15.2 Å². The van der Waals surface area contributed by atoms with Crippen molar-refractivity contribution in [3.8, 4) is 0 Å². The number of alkyl halides is 6. The number of halogens is 6. The van der Waals surface area contributed by atoms with Crippen LogP contribution in [0.4, 0.5) is 49.1 Å². The highest BCUT2D eigenvalue weighted by molar-refractivity contribution is 5.88. The van der Waals surface area contributed by atoms with Gasteiger partial charge in [0.05, 0.1) is 48.9 Å². The zero-order chi connectivity index (χ0) is 46.8. The summed E-state index contributed by atoms with van der Waals surface area (Å²) in [4.78, 5) is 27.7. The van der Waals surface area contributed by atoms with Gasteiger partial charge in [-0.1, -0.05) is 109 Å². The minimum absolute atomic E-state index is 0.0140. The van der Waals surface area contributed by atoms with Gasteiger partial charge in [0.2, 0.25) is 11.8 Å². The molecule has 6 aromatic carbocycles. The second kappa shape index (κ2) is 20.6. The Labute approximate surface area is 378 Å². The van der Waals surface area contributed by atoms with Crippen LogP contribution >= 0.6 is 0 Å². The van der Waals surface area contributed by atoms with Crippen LogP contribution in [0.2, 0.25) is 0 Å². The van der Waals surface area contributed by atoms with Crippen molar-refractivity contribution in [3.63, 3.8) is 0 Å². The Balaban J connectivity index is 0.000000215. The minimum Gasteiger partial charge on any atom is -0.376 e. The summed E-state index contributed by atoms with van der Waals surface area (Å²) in [5.41, 5.74) is 7.44. The Bertz CT molecular complexity index is 2490. The molecular weight excluding hydrogens is 863 g/mol. The lowest BCUT2D eigenvalue weighted by atomic mass is 9.91.